The van der Waals surface area contributed by atoms with E-state index in [-0.39, 0.29) is 30.2 Å². The molecule has 5 rings (SSSR count). The zero-order chi connectivity index (χ0) is 25.4. The first-order valence-corrected chi connectivity index (χ1v) is 12.6. The lowest BCUT2D eigenvalue weighted by Gasteiger charge is -2.35. The molecule has 5 nitrogen and oxygen atoms in total. The maximum atomic E-state index is 14.0. The molecule has 2 saturated heterocycles. The Kier molecular flexibility index (Phi) is 6.35. The van der Waals surface area contributed by atoms with E-state index >= 15 is 0 Å². The van der Waals surface area contributed by atoms with Crippen molar-refractivity contribution in [3.63, 3.8) is 0 Å². The summed E-state index contributed by atoms with van der Waals surface area (Å²) in [6.45, 7) is 6.39. The highest BCUT2D eigenvalue weighted by Crippen LogP contribution is 2.52. The molecule has 2 aliphatic rings. The van der Waals surface area contributed by atoms with Crippen molar-refractivity contribution in [1.29, 1.82) is 0 Å². The van der Waals surface area contributed by atoms with Crippen LogP contribution in [0.4, 0.5) is 0 Å². The first-order valence-electron chi connectivity index (χ1n) is 12.6. The highest BCUT2D eigenvalue weighted by Gasteiger charge is 2.64. The number of hydrogen-bond donors (Lipinski definition) is 0. The average molecular weight is 481 g/mol. The average Bonchev–Trinajstić information content (AvgIpc) is 3.32. The minimum absolute atomic E-state index is 0.00502. The number of amides is 2. The normalized spacial score (nSPS) is 24.2. The number of carbonyl (C=O) groups excluding carboxylic acids is 3. The Balaban J connectivity index is 1.62. The van der Waals surface area contributed by atoms with Gasteiger partial charge in [0.25, 0.3) is 0 Å². The van der Waals surface area contributed by atoms with Crippen molar-refractivity contribution in [3.05, 3.63) is 108 Å². The van der Waals surface area contributed by atoms with Crippen LogP contribution in [-0.2, 0) is 27.5 Å². The van der Waals surface area contributed by atoms with Crippen LogP contribution < -0.4 is 0 Å². The van der Waals surface area contributed by atoms with Gasteiger partial charge in [0.15, 0.2) is 5.78 Å². The molecule has 0 bridgehead atoms. The van der Waals surface area contributed by atoms with Crippen molar-refractivity contribution in [3.8, 4) is 0 Å². The summed E-state index contributed by atoms with van der Waals surface area (Å²) in [4.78, 5) is 45.4. The van der Waals surface area contributed by atoms with Gasteiger partial charge in [0.05, 0.1) is 24.4 Å². The second-order valence-corrected chi connectivity index (χ2v) is 10.9. The molecule has 5 heteroatoms. The maximum Gasteiger partial charge on any atom is 0.235 e. The van der Waals surface area contributed by atoms with Gasteiger partial charge in [0, 0.05) is 18.0 Å². The predicted octanol–water partition coefficient (Wildman–Crippen LogP) is 5.03. The predicted molar refractivity (Wildman–Crippen MR) is 138 cm³/mol. The second-order valence-electron chi connectivity index (χ2n) is 10.9. The van der Waals surface area contributed by atoms with Crippen molar-refractivity contribution in [2.24, 2.45) is 17.3 Å². The zero-order valence-electron chi connectivity index (χ0n) is 21.0. The van der Waals surface area contributed by atoms with Gasteiger partial charge in [0.2, 0.25) is 11.8 Å². The Morgan fingerprint density at radius 1 is 0.694 bits per heavy atom. The molecular formula is C31H32N2O3. The number of carbonyl (C=O) groups is 3. The van der Waals surface area contributed by atoms with Crippen LogP contribution in [0, 0.1) is 17.3 Å². The summed E-state index contributed by atoms with van der Waals surface area (Å²) < 4.78 is 0. The SMILES string of the molecule is CC(C)(C)C(=O)[C@H]1[C@@H]2C(=O)N(Cc3ccccc3)C(=O)[C@@H]2[C@H](c2ccccc2)N1Cc1ccccc1. The fourth-order valence-corrected chi connectivity index (χ4v) is 5.74. The van der Waals surface area contributed by atoms with Crippen molar-refractivity contribution in [2.45, 2.75) is 45.9 Å². The van der Waals surface area contributed by atoms with Crippen molar-refractivity contribution in [1.82, 2.24) is 9.80 Å². The van der Waals surface area contributed by atoms with Crippen molar-refractivity contribution >= 4 is 17.6 Å². The number of likely N-dealkylation sites (tertiary alicyclic amines) is 2. The Hall–Kier alpha value is -3.57. The van der Waals surface area contributed by atoms with Gasteiger partial charge < -0.3 is 0 Å². The van der Waals surface area contributed by atoms with Gasteiger partial charge >= 0.3 is 0 Å². The Labute approximate surface area is 212 Å². The van der Waals surface area contributed by atoms with Crippen LogP contribution in [0.15, 0.2) is 91.0 Å². The highest BCUT2D eigenvalue weighted by atomic mass is 16.2. The molecule has 184 valence electrons. The third kappa shape index (κ3) is 4.28. The third-order valence-corrected chi connectivity index (χ3v) is 7.42. The number of nitrogens with zero attached hydrogens (tertiary/aromatic N) is 2. The molecule has 2 aliphatic heterocycles. The number of fused-ring (bicyclic) bond motifs is 1. The minimum atomic E-state index is -0.707. The summed E-state index contributed by atoms with van der Waals surface area (Å²) in [6.07, 6.45) is 0. The van der Waals surface area contributed by atoms with Crippen molar-refractivity contribution < 1.29 is 14.4 Å². The number of benzene rings is 3. The quantitative estimate of drug-likeness (QED) is 0.465. The number of ketones is 1. The lowest BCUT2D eigenvalue weighted by molar-refractivity contribution is -0.145. The van der Waals surface area contributed by atoms with Crippen LogP contribution >= 0.6 is 0 Å². The smallest absolute Gasteiger partial charge is 0.235 e. The molecule has 2 amide bonds. The third-order valence-electron chi connectivity index (χ3n) is 7.42. The minimum Gasteiger partial charge on any atom is -0.297 e. The van der Waals surface area contributed by atoms with Gasteiger partial charge in [0.1, 0.15) is 0 Å². The Morgan fingerprint density at radius 3 is 1.69 bits per heavy atom. The monoisotopic (exact) mass is 480 g/mol. The van der Waals surface area contributed by atoms with E-state index < -0.39 is 23.3 Å². The summed E-state index contributed by atoms with van der Waals surface area (Å²) in [7, 11) is 0. The van der Waals surface area contributed by atoms with E-state index in [1.165, 1.54) is 4.90 Å². The molecule has 2 heterocycles. The van der Waals surface area contributed by atoms with Gasteiger partial charge in [-0.25, -0.2) is 0 Å². The molecular weight excluding hydrogens is 448 g/mol. The van der Waals surface area contributed by atoms with E-state index in [9.17, 15) is 14.4 Å². The van der Waals surface area contributed by atoms with Crippen LogP contribution in [0.5, 0.6) is 0 Å². The van der Waals surface area contributed by atoms with Crippen molar-refractivity contribution in [2.75, 3.05) is 0 Å². The first kappa shape index (κ1) is 24.1. The van der Waals surface area contributed by atoms with E-state index in [4.69, 9.17) is 0 Å². The van der Waals surface area contributed by atoms with E-state index in [2.05, 4.69) is 4.90 Å². The van der Waals surface area contributed by atoms with Crippen LogP contribution in [-0.4, -0.2) is 33.4 Å². The summed E-state index contributed by atoms with van der Waals surface area (Å²) in [5.41, 5.74) is 2.24. The molecule has 4 atom stereocenters. The van der Waals surface area contributed by atoms with Crippen LogP contribution in [0.1, 0.15) is 43.5 Å². The Bertz CT molecular complexity index is 1250. The molecule has 0 aliphatic carbocycles. The van der Waals surface area contributed by atoms with Gasteiger partial charge in [-0.3, -0.25) is 24.2 Å². The van der Waals surface area contributed by atoms with Crippen LogP contribution in [0.2, 0.25) is 0 Å². The summed E-state index contributed by atoms with van der Waals surface area (Å²) >= 11 is 0. The largest absolute Gasteiger partial charge is 0.297 e. The molecule has 0 spiro atoms. The van der Waals surface area contributed by atoms with Gasteiger partial charge in [-0.05, 0) is 16.7 Å². The van der Waals surface area contributed by atoms with Gasteiger partial charge in [-0.2, -0.15) is 0 Å². The highest BCUT2D eigenvalue weighted by molar-refractivity contribution is 6.09. The summed E-state index contributed by atoms with van der Waals surface area (Å²) in [5.74, 6) is -1.75. The first-order chi connectivity index (χ1) is 17.3. The molecule has 0 radical (unpaired) electrons. The molecule has 0 saturated carbocycles. The lowest BCUT2D eigenvalue weighted by atomic mass is 9.79. The Morgan fingerprint density at radius 2 is 1.17 bits per heavy atom. The fraction of sp³-hybridized carbons (Fsp3) is 0.323. The topological polar surface area (TPSA) is 57.7 Å². The molecule has 0 unspecified atom stereocenters. The number of Topliss-reactive ketones (excluding diaryl/α,β-unsaturated/α-hetero) is 1. The van der Waals surface area contributed by atoms with Gasteiger partial charge in [-0.1, -0.05) is 112 Å². The number of rotatable bonds is 6. The molecule has 3 aromatic carbocycles. The number of imide groups is 1. The molecule has 0 N–H and O–H groups in total. The van der Waals surface area contributed by atoms with Gasteiger partial charge in [-0.15, -0.1) is 0 Å². The summed E-state index contributed by atoms with van der Waals surface area (Å²) in [5, 5.41) is 0. The van der Waals surface area contributed by atoms with Crippen LogP contribution in [0.25, 0.3) is 0 Å². The second kappa shape index (κ2) is 9.47. The standard InChI is InChI=1S/C31H32N2O3/c1-31(2,3)28(34)27-25-24(29(35)33(30(25)36)20-22-15-9-5-10-16-22)26(23-17-11-6-12-18-23)32(27)19-21-13-7-4-8-14-21/h4-18,24-27H,19-20H2,1-3H3/t24-,25+,26-,27+/m0/s1. The van der Waals surface area contributed by atoms with E-state index in [1.54, 1.807) is 0 Å². The summed E-state index contributed by atoms with van der Waals surface area (Å²) in [6, 6.07) is 28.3. The molecule has 0 aromatic heterocycles. The van der Waals surface area contributed by atoms with E-state index in [0.29, 0.717) is 6.54 Å². The number of hydrogen-bond acceptors (Lipinski definition) is 4. The fourth-order valence-electron chi connectivity index (χ4n) is 5.74. The zero-order valence-corrected chi connectivity index (χ0v) is 21.0. The van der Waals surface area contributed by atoms with Crippen LogP contribution in [0.3, 0.4) is 0 Å². The molecule has 2 fully saturated rings. The molecule has 3 aromatic rings. The molecule has 36 heavy (non-hydrogen) atoms. The van der Waals surface area contributed by atoms with E-state index in [0.717, 1.165) is 16.7 Å². The lowest BCUT2D eigenvalue weighted by Crippen LogP contribution is -2.48. The van der Waals surface area contributed by atoms with E-state index in [1.807, 2.05) is 112 Å². The maximum absolute atomic E-state index is 14.0.